The third kappa shape index (κ3) is 5.10. The predicted molar refractivity (Wildman–Crippen MR) is 105 cm³/mol. The zero-order valence-corrected chi connectivity index (χ0v) is 16.6. The van der Waals surface area contributed by atoms with Crippen molar-refractivity contribution in [2.75, 3.05) is 5.75 Å². The minimum absolute atomic E-state index is 0.00657. The van der Waals surface area contributed by atoms with E-state index in [9.17, 15) is 17.6 Å². The molecule has 0 saturated heterocycles. The Morgan fingerprint density at radius 1 is 1.11 bits per heavy atom. The van der Waals surface area contributed by atoms with Gasteiger partial charge in [-0.05, 0) is 43.5 Å². The summed E-state index contributed by atoms with van der Waals surface area (Å²) in [7, 11) is -3.67. The highest BCUT2D eigenvalue weighted by Crippen LogP contribution is 2.30. The van der Waals surface area contributed by atoms with Gasteiger partial charge in [-0.15, -0.1) is 0 Å². The van der Waals surface area contributed by atoms with Crippen LogP contribution >= 0.6 is 0 Å². The Kier molecular flexibility index (Phi) is 6.34. The van der Waals surface area contributed by atoms with Gasteiger partial charge >= 0.3 is 10.1 Å². The lowest BCUT2D eigenvalue weighted by atomic mass is 9.84. The first-order valence-corrected chi connectivity index (χ1v) is 11.0. The standard InChI is InChI=1S/C21H24FNO4S/c1-2-28(25,26)27-20-9-4-3-6-18(20)15-23(21(24)17-7-5-8-17)14-16-10-12-19(22)13-11-16/h3-4,6,9-13,17H,2,5,7-8,14-15H2,1H3. The van der Waals surface area contributed by atoms with Gasteiger partial charge in [-0.2, -0.15) is 8.42 Å². The van der Waals surface area contributed by atoms with Crippen LogP contribution in [0.1, 0.15) is 37.3 Å². The Labute approximate surface area is 165 Å². The van der Waals surface area contributed by atoms with E-state index in [-0.39, 0.29) is 35.7 Å². The summed E-state index contributed by atoms with van der Waals surface area (Å²) in [5.74, 6) is -0.211. The van der Waals surface area contributed by atoms with E-state index in [1.807, 2.05) is 0 Å². The zero-order chi connectivity index (χ0) is 20.1. The van der Waals surface area contributed by atoms with Crippen molar-refractivity contribution in [2.45, 2.75) is 39.3 Å². The molecule has 0 aromatic heterocycles. The van der Waals surface area contributed by atoms with Crippen LogP contribution in [-0.4, -0.2) is 25.0 Å². The highest BCUT2D eigenvalue weighted by molar-refractivity contribution is 7.87. The normalized spacial score (nSPS) is 14.4. The summed E-state index contributed by atoms with van der Waals surface area (Å²) in [4.78, 5) is 14.6. The molecule has 0 N–H and O–H groups in total. The maximum Gasteiger partial charge on any atom is 0.308 e. The van der Waals surface area contributed by atoms with Gasteiger partial charge in [-0.3, -0.25) is 4.79 Å². The Bertz CT molecular complexity index is 924. The SMILES string of the molecule is CCS(=O)(=O)Oc1ccccc1CN(Cc1ccc(F)cc1)C(=O)C1CCC1. The number of benzene rings is 2. The average molecular weight is 405 g/mol. The monoisotopic (exact) mass is 405 g/mol. The molecule has 1 aliphatic rings. The molecule has 0 unspecified atom stereocenters. The van der Waals surface area contributed by atoms with E-state index in [1.165, 1.54) is 19.1 Å². The van der Waals surface area contributed by atoms with E-state index in [4.69, 9.17) is 4.18 Å². The number of carbonyl (C=O) groups excluding carboxylic acids is 1. The molecule has 7 heteroatoms. The topological polar surface area (TPSA) is 63.7 Å². The first kappa shape index (κ1) is 20.3. The summed E-state index contributed by atoms with van der Waals surface area (Å²) in [5.41, 5.74) is 1.43. The van der Waals surface area contributed by atoms with Gasteiger partial charge in [0.25, 0.3) is 0 Å². The molecule has 150 valence electrons. The van der Waals surface area contributed by atoms with Crippen LogP contribution in [0, 0.1) is 11.7 Å². The highest BCUT2D eigenvalue weighted by Gasteiger charge is 2.30. The van der Waals surface area contributed by atoms with Crippen LogP contribution in [0.15, 0.2) is 48.5 Å². The largest absolute Gasteiger partial charge is 0.382 e. The second kappa shape index (κ2) is 8.73. The maximum atomic E-state index is 13.2. The van der Waals surface area contributed by atoms with E-state index >= 15 is 0 Å². The summed E-state index contributed by atoms with van der Waals surface area (Å²) >= 11 is 0. The van der Waals surface area contributed by atoms with Gasteiger partial charge in [0.15, 0.2) is 0 Å². The molecular formula is C21H24FNO4S. The molecule has 0 spiro atoms. The van der Waals surface area contributed by atoms with Crippen molar-refractivity contribution in [3.05, 3.63) is 65.5 Å². The molecule has 0 atom stereocenters. The summed E-state index contributed by atoms with van der Waals surface area (Å²) in [5, 5.41) is 0. The number of hydrogen-bond donors (Lipinski definition) is 0. The van der Waals surface area contributed by atoms with Crippen molar-refractivity contribution in [1.29, 1.82) is 0 Å². The molecule has 3 rings (SSSR count). The molecule has 2 aromatic rings. The molecule has 0 radical (unpaired) electrons. The van der Waals surface area contributed by atoms with Gasteiger partial charge in [-0.25, -0.2) is 4.39 Å². The van der Waals surface area contributed by atoms with Crippen LogP contribution in [-0.2, 0) is 28.0 Å². The Morgan fingerprint density at radius 2 is 1.79 bits per heavy atom. The van der Waals surface area contributed by atoms with Crippen LogP contribution in [0.25, 0.3) is 0 Å². The number of rotatable bonds is 8. The molecule has 28 heavy (non-hydrogen) atoms. The van der Waals surface area contributed by atoms with Crippen molar-refractivity contribution >= 4 is 16.0 Å². The van der Waals surface area contributed by atoms with Gasteiger partial charge in [0.05, 0.1) is 5.75 Å². The lowest BCUT2D eigenvalue weighted by molar-refractivity contribution is -0.139. The summed E-state index contributed by atoms with van der Waals surface area (Å²) < 4.78 is 42.2. The van der Waals surface area contributed by atoms with Gasteiger partial charge in [0, 0.05) is 24.6 Å². The molecule has 1 fully saturated rings. The van der Waals surface area contributed by atoms with E-state index in [2.05, 4.69) is 0 Å². The lowest BCUT2D eigenvalue weighted by Gasteiger charge is -2.32. The maximum absolute atomic E-state index is 13.2. The molecule has 1 amide bonds. The average Bonchev–Trinajstić information content (AvgIpc) is 2.63. The van der Waals surface area contributed by atoms with E-state index in [0.717, 1.165) is 24.8 Å². The van der Waals surface area contributed by atoms with Gasteiger partial charge < -0.3 is 9.08 Å². The van der Waals surface area contributed by atoms with Crippen LogP contribution in [0.2, 0.25) is 0 Å². The zero-order valence-electron chi connectivity index (χ0n) is 15.8. The van der Waals surface area contributed by atoms with Gasteiger partial charge in [-0.1, -0.05) is 36.8 Å². The Balaban J connectivity index is 1.85. The first-order chi connectivity index (χ1) is 13.4. The second-order valence-electron chi connectivity index (χ2n) is 6.99. The Hall–Kier alpha value is -2.41. The van der Waals surface area contributed by atoms with E-state index < -0.39 is 10.1 Å². The molecule has 1 aliphatic carbocycles. The van der Waals surface area contributed by atoms with E-state index in [0.29, 0.717) is 12.1 Å². The lowest BCUT2D eigenvalue weighted by Crippen LogP contribution is -2.38. The van der Waals surface area contributed by atoms with Crippen molar-refractivity contribution in [3.8, 4) is 5.75 Å². The van der Waals surface area contributed by atoms with Crippen molar-refractivity contribution in [1.82, 2.24) is 4.90 Å². The van der Waals surface area contributed by atoms with Gasteiger partial charge in [0.2, 0.25) is 5.91 Å². The summed E-state index contributed by atoms with van der Waals surface area (Å²) in [6.07, 6.45) is 2.76. The number of amides is 1. The minimum Gasteiger partial charge on any atom is -0.382 e. The van der Waals surface area contributed by atoms with Crippen molar-refractivity contribution in [3.63, 3.8) is 0 Å². The number of carbonyl (C=O) groups is 1. The predicted octanol–water partition coefficient (Wildman–Crippen LogP) is 3.88. The molecule has 1 saturated carbocycles. The molecular weight excluding hydrogens is 381 g/mol. The molecule has 0 bridgehead atoms. The molecule has 2 aromatic carbocycles. The molecule has 5 nitrogen and oxygen atoms in total. The highest BCUT2D eigenvalue weighted by atomic mass is 32.2. The fourth-order valence-electron chi connectivity index (χ4n) is 3.05. The van der Waals surface area contributed by atoms with Crippen molar-refractivity contribution < 1.29 is 21.8 Å². The molecule has 0 heterocycles. The van der Waals surface area contributed by atoms with Crippen molar-refractivity contribution in [2.24, 2.45) is 5.92 Å². The van der Waals surface area contributed by atoms with Gasteiger partial charge in [0.1, 0.15) is 11.6 Å². The second-order valence-corrected chi connectivity index (χ2v) is 8.85. The fraction of sp³-hybridized carbons (Fsp3) is 0.381. The van der Waals surface area contributed by atoms with E-state index in [1.54, 1.807) is 41.3 Å². The number of para-hydroxylation sites is 1. The van der Waals surface area contributed by atoms with Crippen LogP contribution in [0.4, 0.5) is 4.39 Å². The third-order valence-corrected chi connectivity index (χ3v) is 6.10. The summed E-state index contributed by atoms with van der Waals surface area (Å²) in [6, 6.07) is 12.9. The first-order valence-electron chi connectivity index (χ1n) is 9.41. The smallest absolute Gasteiger partial charge is 0.308 e. The number of halogens is 1. The fourth-order valence-corrected chi connectivity index (χ4v) is 3.61. The molecule has 0 aliphatic heterocycles. The summed E-state index contributed by atoms with van der Waals surface area (Å²) in [6.45, 7) is 2.06. The van der Waals surface area contributed by atoms with Crippen LogP contribution < -0.4 is 4.18 Å². The number of hydrogen-bond acceptors (Lipinski definition) is 4. The van der Waals surface area contributed by atoms with Crippen LogP contribution in [0.3, 0.4) is 0 Å². The number of nitrogens with zero attached hydrogens (tertiary/aromatic N) is 1. The quantitative estimate of drug-likeness (QED) is 0.625. The van der Waals surface area contributed by atoms with Crippen LogP contribution in [0.5, 0.6) is 5.75 Å². The minimum atomic E-state index is -3.67. The Morgan fingerprint density at radius 3 is 2.39 bits per heavy atom. The third-order valence-electron chi connectivity index (χ3n) is 4.96.